The number of methoxy groups -OCH3 is 6. The van der Waals surface area contributed by atoms with Gasteiger partial charge in [0.25, 0.3) is 0 Å². The van der Waals surface area contributed by atoms with Crippen molar-refractivity contribution in [2.75, 3.05) is 42.7 Å². The Balaban J connectivity index is 1.84. The molecule has 0 atom stereocenters. The van der Waals surface area contributed by atoms with Gasteiger partial charge in [-0.25, -0.2) is 9.97 Å². The summed E-state index contributed by atoms with van der Waals surface area (Å²) in [6.07, 6.45) is 7.55. The molecule has 4 rings (SSSR count). The van der Waals surface area contributed by atoms with Crippen LogP contribution >= 0.6 is 0 Å². The molecule has 1 aromatic heterocycles. The van der Waals surface area contributed by atoms with E-state index in [1.54, 1.807) is 66.9 Å². The van der Waals surface area contributed by atoms with Crippen LogP contribution < -0.4 is 28.4 Å². The largest absolute Gasteiger partial charge is 0.496 e. The molecule has 0 spiro atoms. The summed E-state index contributed by atoms with van der Waals surface area (Å²) in [7, 11) is 9.60. The van der Waals surface area contributed by atoms with Crippen LogP contribution in [0.25, 0.3) is 35.3 Å². The molecule has 0 aliphatic carbocycles. The minimum absolute atomic E-state index is 0.607. The summed E-state index contributed by atoms with van der Waals surface area (Å²) in [6, 6.07) is 14.9. The maximum atomic E-state index is 5.60. The Morgan fingerprint density at radius 1 is 0.474 bits per heavy atom. The van der Waals surface area contributed by atoms with E-state index in [0.717, 1.165) is 22.2 Å². The highest BCUT2D eigenvalue weighted by molar-refractivity contribution is 5.85. The molecule has 0 N–H and O–H groups in total. The highest BCUT2D eigenvalue weighted by Crippen LogP contribution is 2.37. The minimum Gasteiger partial charge on any atom is -0.496 e. The molecule has 1 heterocycles. The maximum Gasteiger partial charge on any atom is 0.133 e. The fourth-order valence-electron chi connectivity index (χ4n) is 3.99. The van der Waals surface area contributed by atoms with Gasteiger partial charge in [0.2, 0.25) is 0 Å². The smallest absolute Gasteiger partial charge is 0.133 e. The van der Waals surface area contributed by atoms with Crippen LogP contribution in [-0.2, 0) is 0 Å². The zero-order valence-corrected chi connectivity index (χ0v) is 22.3. The van der Waals surface area contributed by atoms with E-state index in [0.29, 0.717) is 45.9 Å². The summed E-state index contributed by atoms with van der Waals surface area (Å²) < 4.78 is 33.1. The van der Waals surface area contributed by atoms with E-state index in [-0.39, 0.29) is 0 Å². The standard InChI is InChI=1S/C30H30N2O6/c1-33-19-15-27(35-3)21(28(16-19)36-4)11-13-25-26(32-24-10-8-7-9-23(24)31-25)14-12-22-29(37-5)17-20(34-2)18-30(22)38-6/h7-18H,1-6H3/b13-11+,14-12+. The first-order valence-corrected chi connectivity index (χ1v) is 11.8. The lowest BCUT2D eigenvalue weighted by atomic mass is 10.1. The van der Waals surface area contributed by atoms with Crippen molar-refractivity contribution in [3.63, 3.8) is 0 Å². The van der Waals surface area contributed by atoms with Crippen molar-refractivity contribution in [3.8, 4) is 34.5 Å². The number of rotatable bonds is 10. The molecule has 8 heteroatoms. The quantitative estimate of drug-likeness (QED) is 0.254. The number of para-hydroxylation sites is 2. The van der Waals surface area contributed by atoms with Gasteiger partial charge < -0.3 is 28.4 Å². The van der Waals surface area contributed by atoms with Gasteiger partial charge in [-0.05, 0) is 36.4 Å². The van der Waals surface area contributed by atoms with Crippen LogP contribution in [0.1, 0.15) is 22.5 Å². The number of fused-ring (bicyclic) bond motifs is 1. The summed E-state index contributed by atoms with van der Waals surface area (Å²) in [4.78, 5) is 9.74. The molecular weight excluding hydrogens is 484 g/mol. The van der Waals surface area contributed by atoms with Gasteiger partial charge in [0.15, 0.2) is 0 Å². The Labute approximate surface area is 222 Å². The van der Waals surface area contributed by atoms with Crippen molar-refractivity contribution in [1.29, 1.82) is 0 Å². The van der Waals surface area contributed by atoms with Crippen molar-refractivity contribution in [2.24, 2.45) is 0 Å². The molecule has 3 aromatic carbocycles. The van der Waals surface area contributed by atoms with E-state index in [9.17, 15) is 0 Å². The van der Waals surface area contributed by atoms with Crippen molar-refractivity contribution in [2.45, 2.75) is 0 Å². The molecule has 0 saturated carbocycles. The van der Waals surface area contributed by atoms with E-state index in [1.807, 2.05) is 48.6 Å². The Bertz CT molecular complexity index is 1330. The van der Waals surface area contributed by atoms with Crippen molar-refractivity contribution >= 4 is 35.3 Å². The van der Waals surface area contributed by atoms with E-state index in [4.69, 9.17) is 38.4 Å². The Morgan fingerprint density at radius 3 is 1.11 bits per heavy atom. The van der Waals surface area contributed by atoms with Gasteiger partial charge >= 0.3 is 0 Å². The van der Waals surface area contributed by atoms with Gasteiger partial charge in [-0.1, -0.05) is 12.1 Å². The van der Waals surface area contributed by atoms with E-state index in [2.05, 4.69) is 0 Å². The molecule has 0 saturated heterocycles. The monoisotopic (exact) mass is 514 g/mol. The lowest BCUT2D eigenvalue weighted by Gasteiger charge is -2.13. The highest BCUT2D eigenvalue weighted by atomic mass is 16.5. The number of ether oxygens (including phenoxy) is 6. The normalized spacial score (nSPS) is 11.2. The predicted octanol–water partition coefficient (Wildman–Crippen LogP) is 6.02. The number of aromatic nitrogens is 2. The van der Waals surface area contributed by atoms with Crippen molar-refractivity contribution in [3.05, 3.63) is 71.0 Å². The molecule has 0 amide bonds. The molecule has 196 valence electrons. The van der Waals surface area contributed by atoms with Crippen molar-refractivity contribution in [1.82, 2.24) is 9.97 Å². The minimum atomic E-state index is 0.607. The highest BCUT2D eigenvalue weighted by Gasteiger charge is 2.14. The third kappa shape index (κ3) is 5.49. The zero-order valence-electron chi connectivity index (χ0n) is 22.3. The number of hydrogen-bond acceptors (Lipinski definition) is 8. The lowest BCUT2D eigenvalue weighted by molar-refractivity contribution is 0.374. The van der Waals surface area contributed by atoms with Gasteiger partial charge in [0, 0.05) is 24.3 Å². The first-order valence-electron chi connectivity index (χ1n) is 11.8. The molecule has 0 radical (unpaired) electrons. The van der Waals surface area contributed by atoms with E-state index >= 15 is 0 Å². The summed E-state index contributed by atoms with van der Waals surface area (Å²) in [5.74, 6) is 3.69. The molecule has 0 fully saturated rings. The Hall–Kier alpha value is -4.72. The van der Waals surface area contributed by atoms with Gasteiger partial charge in [-0.3, -0.25) is 0 Å². The second kappa shape index (κ2) is 12.0. The third-order valence-corrected chi connectivity index (χ3v) is 5.95. The topological polar surface area (TPSA) is 81.2 Å². The van der Waals surface area contributed by atoms with Crippen LogP contribution in [0.2, 0.25) is 0 Å². The molecule has 0 bridgehead atoms. The Kier molecular flexibility index (Phi) is 8.33. The predicted molar refractivity (Wildman–Crippen MR) is 150 cm³/mol. The average Bonchev–Trinajstić information content (AvgIpc) is 2.97. The summed E-state index contributed by atoms with van der Waals surface area (Å²) in [6.45, 7) is 0. The second-order valence-corrected chi connectivity index (χ2v) is 8.04. The van der Waals surface area contributed by atoms with Crippen LogP contribution in [0.4, 0.5) is 0 Å². The van der Waals surface area contributed by atoms with Gasteiger partial charge in [0.1, 0.15) is 34.5 Å². The average molecular weight is 515 g/mol. The molecular formula is C30H30N2O6. The van der Waals surface area contributed by atoms with E-state index in [1.165, 1.54) is 0 Å². The van der Waals surface area contributed by atoms with Crippen LogP contribution in [0.3, 0.4) is 0 Å². The van der Waals surface area contributed by atoms with Gasteiger partial charge in [0.05, 0.1) is 76.2 Å². The fraction of sp³-hybridized carbons (Fsp3) is 0.200. The third-order valence-electron chi connectivity index (χ3n) is 5.95. The molecule has 0 unspecified atom stereocenters. The van der Waals surface area contributed by atoms with Crippen LogP contribution in [-0.4, -0.2) is 52.6 Å². The maximum absolute atomic E-state index is 5.60. The number of hydrogen-bond donors (Lipinski definition) is 0. The van der Waals surface area contributed by atoms with Gasteiger partial charge in [-0.2, -0.15) is 0 Å². The van der Waals surface area contributed by atoms with Crippen molar-refractivity contribution < 1.29 is 28.4 Å². The summed E-state index contributed by atoms with van der Waals surface area (Å²) in [5, 5.41) is 0. The molecule has 0 aliphatic heterocycles. The lowest BCUT2D eigenvalue weighted by Crippen LogP contribution is -1.97. The van der Waals surface area contributed by atoms with Gasteiger partial charge in [-0.15, -0.1) is 0 Å². The summed E-state index contributed by atoms with van der Waals surface area (Å²) in [5.41, 5.74) is 4.37. The summed E-state index contributed by atoms with van der Waals surface area (Å²) >= 11 is 0. The first-order chi connectivity index (χ1) is 18.5. The molecule has 4 aromatic rings. The zero-order chi connectivity index (χ0) is 27.1. The second-order valence-electron chi connectivity index (χ2n) is 8.04. The van der Waals surface area contributed by atoms with Crippen LogP contribution in [0, 0.1) is 0 Å². The first kappa shape index (κ1) is 26.3. The SMILES string of the molecule is COc1cc(OC)c(/C=C/c2nc3ccccc3nc2/C=C/c2c(OC)cc(OC)cc2OC)c(OC)c1. The molecule has 38 heavy (non-hydrogen) atoms. The van der Waals surface area contributed by atoms with E-state index < -0.39 is 0 Å². The van der Waals surface area contributed by atoms with Crippen LogP contribution in [0.5, 0.6) is 34.5 Å². The Morgan fingerprint density at radius 2 is 0.816 bits per heavy atom. The molecule has 0 aliphatic rings. The molecule has 8 nitrogen and oxygen atoms in total. The number of benzene rings is 3. The fourth-order valence-corrected chi connectivity index (χ4v) is 3.99. The van der Waals surface area contributed by atoms with Crippen LogP contribution in [0.15, 0.2) is 48.5 Å². The number of nitrogens with zero attached hydrogens (tertiary/aromatic N) is 2.